The Labute approximate surface area is 170 Å². The van der Waals surface area contributed by atoms with E-state index in [0.29, 0.717) is 36.1 Å². The summed E-state index contributed by atoms with van der Waals surface area (Å²) < 4.78 is 7.78. The second-order valence-corrected chi connectivity index (χ2v) is 8.04. The van der Waals surface area contributed by atoms with Gasteiger partial charge in [0.25, 0.3) is 5.56 Å². The summed E-state index contributed by atoms with van der Waals surface area (Å²) in [5, 5.41) is 0. The Morgan fingerprint density at radius 2 is 1.90 bits per heavy atom. The lowest BCUT2D eigenvalue weighted by atomic mass is 10.1. The molecule has 1 fully saturated rings. The first-order valence-corrected chi connectivity index (χ1v) is 9.92. The van der Waals surface area contributed by atoms with E-state index in [0.717, 1.165) is 22.5 Å². The molecule has 0 spiro atoms. The lowest BCUT2D eigenvalue weighted by molar-refractivity contribution is 0.280. The highest BCUT2D eigenvalue weighted by atomic mass is 16.5. The van der Waals surface area contributed by atoms with Crippen molar-refractivity contribution in [1.29, 1.82) is 0 Å². The van der Waals surface area contributed by atoms with E-state index in [2.05, 4.69) is 34.0 Å². The monoisotopic (exact) mass is 390 g/mol. The number of nitrogens with zero attached hydrogens (tertiary/aromatic N) is 4. The quantitative estimate of drug-likeness (QED) is 0.666. The lowest BCUT2D eigenvalue weighted by Gasteiger charge is -2.12. The van der Waals surface area contributed by atoms with Crippen molar-refractivity contribution in [1.82, 2.24) is 19.5 Å². The molecule has 0 amide bonds. The van der Waals surface area contributed by atoms with E-state index in [1.54, 1.807) is 23.9 Å². The van der Waals surface area contributed by atoms with E-state index < -0.39 is 0 Å². The maximum atomic E-state index is 12.2. The summed E-state index contributed by atoms with van der Waals surface area (Å²) in [6.07, 6.45) is 3.66. The number of aryl methyl sites for hydroxylation is 3. The molecule has 4 rings (SSSR count). The van der Waals surface area contributed by atoms with Crippen LogP contribution in [0.5, 0.6) is 5.88 Å². The first-order chi connectivity index (χ1) is 13.8. The highest BCUT2D eigenvalue weighted by molar-refractivity contribution is 5.67. The fraction of sp³-hybridized carbons (Fsp3) is 0.391. The second kappa shape index (κ2) is 7.43. The Bertz CT molecular complexity index is 1100. The summed E-state index contributed by atoms with van der Waals surface area (Å²) in [7, 11) is 1.76. The zero-order valence-corrected chi connectivity index (χ0v) is 17.5. The average Bonchev–Trinajstić information content (AvgIpc) is 3.34. The van der Waals surface area contributed by atoms with Crippen molar-refractivity contribution >= 4 is 0 Å². The third kappa shape index (κ3) is 3.79. The maximum absolute atomic E-state index is 12.2. The van der Waals surface area contributed by atoms with Crippen LogP contribution in [-0.4, -0.2) is 26.1 Å². The number of pyridine rings is 2. The van der Waals surface area contributed by atoms with Crippen LogP contribution in [0.1, 0.15) is 35.6 Å². The van der Waals surface area contributed by atoms with E-state index in [1.807, 2.05) is 33.0 Å². The zero-order valence-electron chi connectivity index (χ0n) is 17.5. The van der Waals surface area contributed by atoms with Gasteiger partial charge in [-0.25, -0.2) is 4.98 Å². The molecule has 3 aromatic heterocycles. The summed E-state index contributed by atoms with van der Waals surface area (Å²) in [5.41, 5.74) is 4.63. The molecule has 0 aliphatic heterocycles. The van der Waals surface area contributed by atoms with Gasteiger partial charge in [0.2, 0.25) is 5.88 Å². The molecule has 6 heteroatoms. The molecular formula is C23H26N4O2. The van der Waals surface area contributed by atoms with Gasteiger partial charge in [0.15, 0.2) is 0 Å². The first kappa shape index (κ1) is 19.3. The van der Waals surface area contributed by atoms with Crippen molar-refractivity contribution in [2.45, 2.75) is 33.6 Å². The fourth-order valence-corrected chi connectivity index (χ4v) is 3.82. The van der Waals surface area contributed by atoms with Crippen LogP contribution in [0.4, 0.5) is 0 Å². The van der Waals surface area contributed by atoms with Crippen LogP contribution in [0.2, 0.25) is 0 Å². The number of rotatable bonds is 5. The van der Waals surface area contributed by atoms with E-state index in [4.69, 9.17) is 4.74 Å². The predicted octanol–water partition coefficient (Wildman–Crippen LogP) is 3.59. The van der Waals surface area contributed by atoms with Gasteiger partial charge in [-0.2, -0.15) is 4.98 Å². The summed E-state index contributed by atoms with van der Waals surface area (Å²) in [6, 6.07) is 7.78. The summed E-state index contributed by atoms with van der Waals surface area (Å²) in [6.45, 7) is 8.59. The number of aromatic nitrogens is 4. The Kier molecular flexibility index (Phi) is 4.94. The van der Waals surface area contributed by atoms with E-state index in [-0.39, 0.29) is 5.56 Å². The molecule has 3 unspecified atom stereocenters. The van der Waals surface area contributed by atoms with Crippen LogP contribution < -0.4 is 10.3 Å². The van der Waals surface area contributed by atoms with Gasteiger partial charge in [-0.15, -0.1) is 0 Å². The number of ether oxygens (including phenoxy) is 1. The predicted molar refractivity (Wildman–Crippen MR) is 112 cm³/mol. The van der Waals surface area contributed by atoms with Crippen molar-refractivity contribution in [2.75, 3.05) is 6.61 Å². The molecule has 1 aliphatic carbocycles. The third-order valence-electron chi connectivity index (χ3n) is 5.94. The van der Waals surface area contributed by atoms with Crippen LogP contribution in [0.25, 0.3) is 11.1 Å². The molecule has 0 N–H and O–H groups in total. The summed E-state index contributed by atoms with van der Waals surface area (Å²) in [4.78, 5) is 25.6. The fourth-order valence-electron chi connectivity index (χ4n) is 3.82. The molecule has 0 saturated heterocycles. The average molecular weight is 390 g/mol. The Morgan fingerprint density at radius 3 is 2.59 bits per heavy atom. The SMILES string of the molecule is Cc1ccc(C2C(C)C2COc2nc(C)ncc2-c2cc(C)n(C)c(=O)c2)nc1. The Balaban J connectivity index is 1.56. The van der Waals surface area contributed by atoms with Gasteiger partial charge >= 0.3 is 0 Å². The molecule has 3 atom stereocenters. The van der Waals surface area contributed by atoms with Crippen molar-refractivity contribution in [2.24, 2.45) is 18.9 Å². The van der Waals surface area contributed by atoms with Crippen molar-refractivity contribution in [3.8, 4) is 17.0 Å². The standard InChI is InChI=1S/C23H26N4O2/c1-13-6-7-20(25-10-13)22-15(3)19(22)12-29-23-18(11-24-16(4)26-23)17-8-14(2)27(5)21(28)9-17/h6-11,15,19,22H,12H2,1-5H3. The van der Waals surface area contributed by atoms with Crippen LogP contribution in [0, 0.1) is 32.6 Å². The zero-order chi connectivity index (χ0) is 20.7. The molecular weight excluding hydrogens is 364 g/mol. The van der Waals surface area contributed by atoms with Gasteiger partial charge in [0.1, 0.15) is 5.82 Å². The minimum atomic E-state index is -0.0622. The van der Waals surface area contributed by atoms with Crippen LogP contribution >= 0.6 is 0 Å². The highest BCUT2D eigenvalue weighted by Crippen LogP contribution is 2.53. The molecule has 3 heterocycles. The van der Waals surface area contributed by atoms with Gasteiger partial charge in [0, 0.05) is 48.7 Å². The van der Waals surface area contributed by atoms with Gasteiger partial charge in [0.05, 0.1) is 12.2 Å². The van der Waals surface area contributed by atoms with Crippen molar-refractivity contribution in [3.05, 3.63) is 69.8 Å². The highest BCUT2D eigenvalue weighted by Gasteiger charge is 2.49. The molecule has 0 aromatic carbocycles. The van der Waals surface area contributed by atoms with Gasteiger partial charge in [-0.1, -0.05) is 13.0 Å². The maximum Gasteiger partial charge on any atom is 0.251 e. The summed E-state index contributed by atoms with van der Waals surface area (Å²) in [5.74, 6) is 2.50. The van der Waals surface area contributed by atoms with E-state index in [1.165, 1.54) is 5.56 Å². The van der Waals surface area contributed by atoms with Crippen molar-refractivity contribution in [3.63, 3.8) is 0 Å². The number of hydrogen-bond acceptors (Lipinski definition) is 5. The van der Waals surface area contributed by atoms with Crippen LogP contribution in [0.3, 0.4) is 0 Å². The van der Waals surface area contributed by atoms with E-state index in [9.17, 15) is 4.79 Å². The minimum absolute atomic E-state index is 0.0622. The lowest BCUT2D eigenvalue weighted by Crippen LogP contribution is -2.18. The molecule has 29 heavy (non-hydrogen) atoms. The normalized spacial score (nSPS) is 20.5. The summed E-state index contributed by atoms with van der Waals surface area (Å²) >= 11 is 0. The van der Waals surface area contributed by atoms with Crippen molar-refractivity contribution < 1.29 is 4.74 Å². The second-order valence-electron chi connectivity index (χ2n) is 8.04. The molecule has 6 nitrogen and oxygen atoms in total. The number of hydrogen-bond donors (Lipinski definition) is 0. The van der Waals surface area contributed by atoms with Gasteiger partial charge in [-0.3, -0.25) is 9.78 Å². The topological polar surface area (TPSA) is 69.9 Å². The third-order valence-corrected chi connectivity index (χ3v) is 5.94. The van der Waals surface area contributed by atoms with E-state index >= 15 is 0 Å². The molecule has 1 aliphatic rings. The minimum Gasteiger partial charge on any atom is -0.477 e. The van der Waals surface area contributed by atoms with Crippen LogP contribution in [-0.2, 0) is 7.05 Å². The first-order valence-electron chi connectivity index (χ1n) is 9.92. The van der Waals surface area contributed by atoms with Crippen LogP contribution in [0.15, 0.2) is 41.5 Å². The van der Waals surface area contributed by atoms with Gasteiger partial charge in [-0.05, 0) is 49.9 Å². The largest absolute Gasteiger partial charge is 0.477 e. The smallest absolute Gasteiger partial charge is 0.251 e. The molecule has 150 valence electrons. The molecule has 0 radical (unpaired) electrons. The molecule has 1 saturated carbocycles. The molecule has 0 bridgehead atoms. The molecule has 3 aromatic rings. The Hall–Kier alpha value is -3.02. The Morgan fingerprint density at radius 1 is 1.10 bits per heavy atom. The van der Waals surface area contributed by atoms with Gasteiger partial charge < -0.3 is 9.30 Å².